The van der Waals surface area contributed by atoms with Gasteiger partial charge in [0.05, 0.1) is 31.6 Å². The average Bonchev–Trinajstić information content (AvgIpc) is 3.27. The molecule has 4 aromatic rings. The number of nitrogens with zero attached hydrogens (tertiary/aromatic N) is 4. The van der Waals surface area contributed by atoms with Crippen LogP contribution in [0.3, 0.4) is 0 Å². The van der Waals surface area contributed by atoms with E-state index in [1.165, 1.54) is 19.3 Å². The van der Waals surface area contributed by atoms with Crippen molar-refractivity contribution in [2.75, 3.05) is 19.0 Å². The Balaban J connectivity index is 1.29. The topological polar surface area (TPSA) is 100 Å². The number of aryl methyl sites for hydroxylation is 2. The van der Waals surface area contributed by atoms with E-state index >= 15 is 0 Å². The van der Waals surface area contributed by atoms with Crippen LogP contribution in [0.1, 0.15) is 48.7 Å². The smallest absolute Gasteiger partial charge is 0.281 e. The van der Waals surface area contributed by atoms with Crippen LogP contribution in [0.4, 0.5) is 5.82 Å². The predicted molar refractivity (Wildman–Crippen MR) is 141 cm³/mol. The molecule has 0 atom stereocenters. The third-order valence-electron chi connectivity index (χ3n) is 6.52. The Morgan fingerprint density at radius 2 is 2.00 bits per heavy atom. The summed E-state index contributed by atoms with van der Waals surface area (Å²) in [6.07, 6.45) is 9.57. The SMILES string of the molecule is CCCn1cc(OCC2CCC2)c(C(=O)Nc2ccc(Oc3ccnc4cc(OC)c(C)cc34)cn2)n1. The van der Waals surface area contributed by atoms with Crippen LogP contribution in [-0.2, 0) is 6.54 Å². The highest BCUT2D eigenvalue weighted by atomic mass is 16.5. The summed E-state index contributed by atoms with van der Waals surface area (Å²) in [6.45, 7) is 5.37. The number of benzene rings is 1. The first kappa shape index (κ1) is 24.5. The first-order valence-corrected chi connectivity index (χ1v) is 12.6. The molecule has 3 heterocycles. The molecule has 5 rings (SSSR count). The Morgan fingerprint density at radius 3 is 2.70 bits per heavy atom. The molecule has 1 aromatic carbocycles. The van der Waals surface area contributed by atoms with Gasteiger partial charge in [0.1, 0.15) is 23.1 Å². The molecule has 0 spiro atoms. The highest BCUT2D eigenvalue weighted by molar-refractivity contribution is 6.04. The zero-order valence-corrected chi connectivity index (χ0v) is 21.4. The van der Waals surface area contributed by atoms with Crippen LogP contribution in [0.25, 0.3) is 10.9 Å². The first-order valence-electron chi connectivity index (χ1n) is 12.6. The molecule has 1 aliphatic carbocycles. The minimum absolute atomic E-state index is 0.268. The molecule has 0 unspecified atom stereocenters. The highest BCUT2D eigenvalue weighted by Crippen LogP contribution is 2.33. The van der Waals surface area contributed by atoms with Crippen LogP contribution in [0.15, 0.2) is 48.9 Å². The van der Waals surface area contributed by atoms with Crippen LogP contribution in [0.5, 0.6) is 23.0 Å². The maximum atomic E-state index is 13.0. The second-order valence-corrected chi connectivity index (χ2v) is 9.30. The Morgan fingerprint density at radius 1 is 1.14 bits per heavy atom. The molecule has 37 heavy (non-hydrogen) atoms. The van der Waals surface area contributed by atoms with E-state index in [9.17, 15) is 4.79 Å². The zero-order chi connectivity index (χ0) is 25.8. The van der Waals surface area contributed by atoms with Crippen LogP contribution in [-0.4, -0.2) is 39.4 Å². The summed E-state index contributed by atoms with van der Waals surface area (Å²) in [7, 11) is 1.64. The molecule has 0 saturated heterocycles. The number of nitrogens with one attached hydrogen (secondary N) is 1. The van der Waals surface area contributed by atoms with Crippen molar-refractivity contribution in [1.29, 1.82) is 0 Å². The van der Waals surface area contributed by atoms with Crippen LogP contribution >= 0.6 is 0 Å². The normalized spacial score (nSPS) is 13.3. The maximum Gasteiger partial charge on any atom is 0.281 e. The Kier molecular flexibility index (Phi) is 7.20. The maximum absolute atomic E-state index is 13.0. The number of anilines is 1. The number of amides is 1. The molecule has 3 aromatic heterocycles. The number of carbonyl (C=O) groups excluding carboxylic acids is 1. The lowest BCUT2D eigenvalue weighted by Crippen LogP contribution is -2.20. The Hall–Kier alpha value is -4.14. The van der Waals surface area contributed by atoms with Crippen molar-refractivity contribution >= 4 is 22.6 Å². The van der Waals surface area contributed by atoms with Crippen molar-refractivity contribution in [2.24, 2.45) is 5.92 Å². The second-order valence-electron chi connectivity index (χ2n) is 9.30. The van der Waals surface area contributed by atoms with Crippen molar-refractivity contribution in [2.45, 2.75) is 46.1 Å². The first-order chi connectivity index (χ1) is 18.0. The van der Waals surface area contributed by atoms with Gasteiger partial charge in [0, 0.05) is 24.2 Å². The number of hydrogen-bond acceptors (Lipinski definition) is 7. The summed E-state index contributed by atoms with van der Waals surface area (Å²) in [5.41, 5.74) is 2.03. The molecule has 1 aliphatic rings. The lowest BCUT2D eigenvalue weighted by molar-refractivity contribution is 0.101. The molecule has 1 fully saturated rings. The van der Waals surface area contributed by atoms with Gasteiger partial charge in [-0.3, -0.25) is 14.5 Å². The summed E-state index contributed by atoms with van der Waals surface area (Å²) >= 11 is 0. The molecule has 1 saturated carbocycles. The van der Waals surface area contributed by atoms with Crippen molar-refractivity contribution in [3.05, 3.63) is 60.2 Å². The van der Waals surface area contributed by atoms with E-state index in [1.54, 1.807) is 42.5 Å². The second kappa shape index (κ2) is 10.9. The number of rotatable bonds is 10. The summed E-state index contributed by atoms with van der Waals surface area (Å²) in [6, 6.07) is 9.14. The van der Waals surface area contributed by atoms with E-state index in [0.29, 0.717) is 42.1 Å². The number of ether oxygens (including phenoxy) is 3. The predicted octanol–water partition coefficient (Wildman–Crippen LogP) is 5.78. The van der Waals surface area contributed by atoms with Gasteiger partial charge >= 0.3 is 0 Å². The number of hydrogen-bond donors (Lipinski definition) is 1. The van der Waals surface area contributed by atoms with Gasteiger partial charge in [0.15, 0.2) is 11.4 Å². The molecular weight excluding hydrogens is 470 g/mol. The molecule has 0 aliphatic heterocycles. The third kappa shape index (κ3) is 5.50. The quantitative estimate of drug-likeness (QED) is 0.294. The standard InChI is InChI=1S/C28H31N5O4/c1-4-12-33-16-25(36-17-19-6-5-7-19)27(32-33)28(34)31-26-9-8-20(15-30-26)37-23-10-11-29-22-14-24(35-3)18(2)13-21(22)23/h8-11,13-16,19H,4-7,12,17H2,1-3H3,(H,30,31,34). The molecule has 9 nitrogen and oxygen atoms in total. The van der Waals surface area contributed by atoms with Crippen molar-refractivity contribution in [3.8, 4) is 23.0 Å². The van der Waals surface area contributed by atoms with Gasteiger partial charge in [-0.2, -0.15) is 5.10 Å². The fraction of sp³-hybridized carbons (Fsp3) is 0.357. The Bertz CT molecular complexity index is 1400. The summed E-state index contributed by atoms with van der Waals surface area (Å²) < 4.78 is 19.2. The average molecular weight is 502 g/mol. The van der Waals surface area contributed by atoms with E-state index in [4.69, 9.17) is 14.2 Å². The van der Waals surface area contributed by atoms with E-state index in [-0.39, 0.29) is 11.6 Å². The molecule has 0 bridgehead atoms. The number of aromatic nitrogens is 4. The fourth-order valence-electron chi connectivity index (χ4n) is 4.26. The summed E-state index contributed by atoms with van der Waals surface area (Å²) in [5, 5.41) is 8.15. The summed E-state index contributed by atoms with van der Waals surface area (Å²) in [4.78, 5) is 21.8. The minimum Gasteiger partial charge on any atom is -0.496 e. The van der Waals surface area contributed by atoms with Gasteiger partial charge in [-0.25, -0.2) is 4.98 Å². The molecule has 0 radical (unpaired) electrons. The van der Waals surface area contributed by atoms with Crippen LogP contribution in [0, 0.1) is 12.8 Å². The largest absolute Gasteiger partial charge is 0.496 e. The number of pyridine rings is 2. The fourth-order valence-corrected chi connectivity index (χ4v) is 4.26. The molecule has 192 valence electrons. The van der Waals surface area contributed by atoms with Gasteiger partial charge in [0.25, 0.3) is 5.91 Å². The molecular formula is C28H31N5O4. The number of carbonyl (C=O) groups is 1. The zero-order valence-electron chi connectivity index (χ0n) is 21.4. The summed E-state index contributed by atoms with van der Waals surface area (Å²) in [5.74, 6) is 3.07. The Labute approximate surface area is 215 Å². The number of methoxy groups -OCH3 is 1. The third-order valence-corrected chi connectivity index (χ3v) is 6.52. The van der Waals surface area contributed by atoms with E-state index in [2.05, 4.69) is 27.3 Å². The minimum atomic E-state index is -0.357. The van der Waals surface area contributed by atoms with Gasteiger partial charge in [-0.1, -0.05) is 13.3 Å². The van der Waals surface area contributed by atoms with Crippen molar-refractivity contribution < 1.29 is 19.0 Å². The van der Waals surface area contributed by atoms with Crippen molar-refractivity contribution in [1.82, 2.24) is 19.7 Å². The lowest BCUT2D eigenvalue weighted by Gasteiger charge is -2.24. The molecule has 1 amide bonds. The monoisotopic (exact) mass is 501 g/mol. The van der Waals surface area contributed by atoms with E-state index < -0.39 is 0 Å². The van der Waals surface area contributed by atoms with Gasteiger partial charge < -0.3 is 19.5 Å². The van der Waals surface area contributed by atoms with Crippen LogP contribution < -0.4 is 19.5 Å². The van der Waals surface area contributed by atoms with Gasteiger partial charge in [-0.15, -0.1) is 0 Å². The van der Waals surface area contributed by atoms with Crippen LogP contribution in [0.2, 0.25) is 0 Å². The molecule has 1 N–H and O–H groups in total. The van der Waals surface area contributed by atoms with Gasteiger partial charge in [-0.05, 0) is 61.9 Å². The highest BCUT2D eigenvalue weighted by Gasteiger charge is 2.23. The number of fused-ring (bicyclic) bond motifs is 1. The van der Waals surface area contributed by atoms with E-state index in [1.807, 2.05) is 25.1 Å². The van der Waals surface area contributed by atoms with Crippen molar-refractivity contribution in [3.63, 3.8) is 0 Å². The molecule has 9 heteroatoms. The van der Waals surface area contributed by atoms with Gasteiger partial charge in [0.2, 0.25) is 0 Å². The van der Waals surface area contributed by atoms with E-state index in [0.717, 1.165) is 28.6 Å². The lowest BCUT2D eigenvalue weighted by atomic mass is 9.86.